The lowest BCUT2D eigenvalue weighted by molar-refractivity contribution is -0.113. The highest BCUT2D eigenvalue weighted by Crippen LogP contribution is 2.21. The maximum atomic E-state index is 12.2. The van der Waals surface area contributed by atoms with Crippen LogP contribution in [0.3, 0.4) is 0 Å². The van der Waals surface area contributed by atoms with Crippen molar-refractivity contribution in [3.8, 4) is 0 Å². The van der Waals surface area contributed by atoms with Crippen LogP contribution in [0.25, 0.3) is 0 Å². The van der Waals surface area contributed by atoms with E-state index in [1.807, 2.05) is 30.3 Å². The van der Waals surface area contributed by atoms with Crippen molar-refractivity contribution >= 4 is 29.2 Å². The molecule has 1 aliphatic rings. The van der Waals surface area contributed by atoms with E-state index >= 15 is 0 Å². The first-order chi connectivity index (χ1) is 12.6. The Morgan fingerprint density at radius 1 is 1.23 bits per heavy atom. The number of hydrogen-bond donors (Lipinski definition) is 1. The fraction of sp³-hybridized carbons (Fsp3) is 0.421. The number of carbonyl (C=O) groups is 1. The molecule has 0 aliphatic carbocycles. The molecule has 2 heterocycles. The average Bonchev–Trinajstić information content (AvgIpc) is 2.68. The van der Waals surface area contributed by atoms with Crippen LogP contribution in [0.2, 0.25) is 0 Å². The Hall–Kier alpha value is -2.12. The Balaban J connectivity index is 1.52. The zero-order valence-electron chi connectivity index (χ0n) is 15.1. The van der Waals surface area contributed by atoms with Crippen molar-refractivity contribution in [3.63, 3.8) is 0 Å². The monoisotopic (exact) mass is 372 g/mol. The lowest BCUT2D eigenvalue weighted by Gasteiger charge is -2.27. The molecule has 2 aromatic rings. The standard InChI is InChI=1S/C19H24N4O2S/c1-14(2)15-3-5-16(6-4-15)22-18(24)12-26-19-11-17(20-13-21-19)23-7-9-25-10-8-23/h3-6,11,13-14H,7-10,12H2,1-2H3,(H,22,24). The molecular weight excluding hydrogens is 348 g/mol. The maximum absolute atomic E-state index is 12.2. The van der Waals surface area contributed by atoms with Gasteiger partial charge in [-0.25, -0.2) is 9.97 Å². The highest BCUT2D eigenvalue weighted by Gasteiger charge is 2.13. The predicted octanol–water partition coefficient (Wildman–Crippen LogP) is 3.17. The third-order valence-corrected chi connectivity index (χ3v) is 5.10. The molecular formula is C19H24N4O2S. The molecule has 0 saturated carbocycles. The van der Waals surface area contributed by atoms with E-state index in [0.717, 1.165) is 29.6 Å². The molecule has 7 heteroatoms. The van der Waals surface area contributed by atoms with Gasteiger partial charge in [0.2, 0.25) is 5.91 Å². The quantitative estimate of drug-likeness (QED) is 0.621. The fourth-order valence-electron chi connectivity index (χ4n) is 2.66. The van der Waals surface area contributed by atoms with Crippen LogP contribution in [0.1, 0.15) is 25.3 Å². The molecule has 0 unspecified atom stereocenters. The largest absolute Gasteiger partial charge is 0.378 e. The predicted molar refractivity (Wildman–Crippen MR) is 105 cm³/mol. The summed E-state index contributed by atoms with van der Waals surface area (Å²) in [6.07, 6.45) is 1.55. The van der Waals surface area contributed by atoms with Crippen LogP contribution in [0.5, 0.6) is 0 Å². The molecule has 138 valence electrons. The van der Waals surface area contributed by atoms with Crippen molar-refractivity contribution in [2.45, 2.75) is 24.8 Å². The van der Waals surface area contributed by atoms with Gasteiger partial charge < -0.3 is 15.0 Å². The van der Waals surface area contributed by atoms with Gasteiger partial charge in [-0.05, 0) is 23.6 Å². The topological polar surface area (TPSA) is 67.4 Å². The molecule has 1 aliphatic heterocycles. The molecule has 3 rings (SSSR count). The second kappa shape index (κ2) is 9.00. The first-order valence-electron chi connectivity index (χ1n) is 8.79. The second-order valence-corrected chi connectivity index (χ2v) is 7.42. The Morgan fingerprint density at radius 2 is 1.96 bits per heavy atom. The van der Waals surface area contributed by atoms with Gasteiger partial charge in [0, 0.05) is 24.8 Å². The highest BCUT2D eigenvalue weighted by atomic mass is 32.2. The molecule has 1 amide bonds. The highest BCUT2D eigenvalue weighted by molar-refractivity contribution is 7.99. The first-order valence-corrected chi connectivity index (χ1v) is 9.78. The number of carbonyl (C=O) groups excluding carboxylic acids is 1. The smallest absolute Gasteiger partial charge is 0.234 e. The Labute approximate surface area is 158 Å². The zero-order valence-corrected chi connectivity index (χ0v) is 16.0. The van der Waals surface area contributed by atoms with Crippen molar-refractivity contribution in [1.82, 2.24) is 9.97 Å². The zero-order chi connectivity index (χ0) is 18.4. The van der Waals surface area contributed by atoms with Gasteiger partial charge in [-0.3, -0.25) is 4.79 Å². The van der Waals surface area contributed by atoms with E-state index in [-0.39, 0.29) is 5.91 Å². The van der Waals surface area contributed by atoms with Crippen molar-refractivity contribution < 1.29 is 9.53 Å². The van der Waals surface area contributed by atoms with Gasteiger partial charge >= 0.3 is 0 Å². The van der Waals surface area contributed by atoms with E-state index in [2.05, 4.69) is 34.0 Å². The molecule has 26 heavy (non-hydrogen) atoms. The lowest BCUT2D eigenvalue weighted by Crippen LogP contribution is -2.36. The summed E-state index contributed by atoms with van der Waals surface area (Å²) in [7, 11) is 0. The van der Waals surface area contributed by atoms with E-state index in [1.54, 1.807) is 6.33 Å². The van der Waals surface area contributed by atoms with Crippen molar-refractivity contribution in [1.29, 1.82) is 0 Å². The van der Waals surface area contributed by atoms with Gasteiger partial charge in [-0.2, -0.15) is 0 Å². The van der Waals surface area contributed by atoms with Gasteiger partial charge in [0.1, 0.15) is 17.2 Å². The number of morpholine rings is 1. The SMILES string of the molecule is CC(C)c1ccc(NC(=O)CSc2cc(N3CCOCC3)ncn2)cc1. The summed E-state index contributed by atoms with van der Waals surface area (Å²) in [5, 5.41) is 3.72. The van der Waals surface area contributed by atoms with E-state index in [4.69, 9.17) is 4.74 Å². The van der Waals surface area contributed by atoms with Crippen LogP contribution in [-0.4, -0.2) is 47.9 Å². The van der Waals surface area contributed by atoms with Gasteiger partial charge in [0.25, 0.3) is 0 Å². The Morgan fingerprint density at radius 3 is 2.65 bits per heavy atom. The minimum absolute atomic E-state index is 0.0427. The number of aromatic nitrogens is 2. The van der Waals surface area contributed by atoms with E-state index in [0.29, 0.717) is 24.9 Å². The molecule has 1 aromatic heterocycles. The summed E-state index contributed by atoms with van der Waals surface area (Å²) in [4.78, 5) is 22.9. The van der Waals surface area contributed by atoms with Crippen molar-refractivity contribution in [3.05, 3.63) is 42.2 Å². The number of anilines is 2. The summed E-state index contributed by atoms with van der Waals surface area (Å²) in [6.45, 7) is 7.38. The number of nitrogens with one attached hydrogen (secondary N) is 1. The van der Waals surface area contributed by atoms with Gasteiger partial charge in [0.15, 0.2) is 0 Å². The number of rotatable bonds is 6. The summed E-state index contributed by atoms with van der Waals surface area (Å²) in [6, 6.07) is 9.91. The normalized spacial score (nSPS) is 14.5. The maximum Gasteiger partial charge on any atom is 0.234 e. The molecule has 0 bridgehead atoms. The average molecular weight is 372 g/mol. The van der Waals surface area contributed by atoms with Crippen LogP contribution in [0.15, 0.2) is 41.7 Å². The molecule has 0 radical (unpaired) electrons. The minimum Gasteiger partial charge on any atom is -0.378 e. The molecule has 0 spiro atoms. The number of hydrogen-bond acceptors (Lipinski definition) is 6. The minimum atomic E-state index is -0.0427. The van der Waals surface area contributed by atoms with Crippen LogP contribution < -0.4 is 10.2 Å². The summed E-state index contributed by atoms with van der Waals surface area (Å²) >= 11 is 1.41. The van der Waals surface area contributed by atoms with Crippen molar-refractivity contribution in [2.24, 2.45) is 0 Å². The molecule has 1 fully saturated rings. The third-order valence-electron chi connectivity index (χ3n) is 4.17. The van der Waals surface area contributed by atoms with Gasteiger partial charge in [-0.15, -0.1) is 0 Å². The van der Waals surface area contributed by atoms with Crippen LogP contribution in [-0.2, 0) is 9.53 Å². The number of ether oxygens (including phenoxy) is 1. The summed E-state index contributed by atoms with van der Waals surface area (Å²) in [5.41, 5.74) is 2.07. The number of thioether (sulfide) groups is 1. The molecule has 0 atom stereocenters. The fourth-order valence-corrected chi connectivity index (χ4v) is 3.32. The molecule has 1 N–H and O–H groups in total. The third kappa shape index (κ3) is 5.19. The number of amides is 1. The number of benzene rings is 1. The van der Waals surface area contributed by atoms with Crippen LogP contribution >= 0.6 is 11.8 Å². The first kappa shape index (κ1) is 18.7. The second-order valence-electron chi connectivity index (χ2n) is 6.43. The van der Waals surface area contributed by atoms with Gasteiger partial charge in [-0.1, -0.05) is 37.7 Å². The summed E-state index contributed by atoms with van der Waals surface area (Å²) in [5.74, 6) is 1.63. The Kier molecular flexibility index (Phi) is 6.46. The molecule has 1 saturated heterocycles. The van der Waals surface area contributed by atoms with Crippen LogP contribution in [0.4, 0.5) is 11.5 Å². The molecule has 1 aromatic carbocycles. The van der Waals surface area contributed by atoms with Crippen molar-refractivity contribution in [2.75, 3.05) is 42.3 Å². The van der Waals surface area contributed by atoms with E-state index in [1.165, 1.54) is 17.3 Å². The Bertz CT molecular complexity index is 731. The van der Waals surface area contributed by atoms with Gasteiger partial charge in [0.05, 0.1) is 19.0 Å². The molecule has 6 nitrogen and oxygen atoms in total. The number of nitrogens with zero attached hydrogens (tertiary/aromatic N) is 3. The summed E-state index contributed by atoms with van der Waals surface area (Å²) < 4.78 is 5.36. The van der Waals surface area contributed by atoms with E-state index < -0.39 is 0 Å². The van der Waals surface area contributed by atoms with E-state index in [9.17, 15) is 4.79 Å². The van der Waals surface area contributed by atoms with Crippen LogP contribution in [0, 0.1) is 0 Å². The lowest BCUT2D eigenvalue weighted by atomic mass is 10.0.